The number of aromatic nitrogens is 1. The Hall–Kier alpha value is -3.12. The van der Waals surface area contributed by atoms with Crippen LogP contribution in [-0.2, 0) is 16.0 Å². The van der Waals surface area contributed by atoms with Crippen molar-refractivity contribution in [3.05, 3.63) is 59.7 Å². The zero-order chi connectivity index (χ0) is 20.0. The minimum atomic E-state index is -1.37. The van der Waals surface area contributed by atoms with Crippen LogP contribution in [0.2, 0.25) is 0 Å². The maximum Gasteiger partial charge on any atom is 0.394 e. The van der Waals surface area contributed by atoms with Crippen LogP contribution in [0.1, 0.15) is 23.6 Å². The van der Waals surface area contributed by atoms with Gasteiger partial charge in [0.2, 0.25) is 0 Å². The van der Waals surface area contributed by atoms with Gasteiger partial charge >= 0.3 is 11.9 Å². The molecule has 2 aromatic carbocycles. The average Bonchev–Trinajstić information content (AvgIpc) is 3.15. The molecular formula is C23H23N3O3. The van der Waals surface area contributed by atoms with Gasteiger partial charge in [-0.3, -0.25) is 9.69 Å². The van der Waals surface area contributed by atoms with E-state index in [4.69, 9.17) is 5.11 Å². The van der Waals surface area contributed by atoms with Gasteiger partial charge in [0.1, 0.15) is 0 Å². The van der Waals surface area contributed by atoms with E-state index in [0.717, 1.165) is 12.8 Å². The van der Waals surface area contributed by atoms with Crippen LogP contribution >= 0.6 is 0 Å². The lowest BCUT2D eigenvalue weighted by Gasteiger charge is -2.40. The normalized spacial score (nSPS) is 19.4. The Morgan fingerprint density at radius 3 is 2.45 bits per heavy atom. The highest BCUT2D eigenvalue weighted by Crippen LogP contribution is 2.42. The Morgan fingerprint density at radius 2 is 1.72 bits per heavy atom. The molecule has 3 aromatic rings. The molecule has 1 aliphatic heterocycles. The Kier molecular flexibility index (Phi) is 4.36. The van der Waals surface area contributed by atoms with Gasteiger partial charge < -0.3 is 15.0 Å². The van der Waals surface area contributed by atoms with Crippen molar-refractivity contribution in [2.45, 2.75) is 18.9 Å². The van der Waals surface area contributed by atoms with Gasteiger partial charge in [0, 0.05) is 48.8 Å². The van der Waals surface area contributed by atoms with E-state index in [9.17, 15) is 9.59 Å². The average molecular weight is 389 g/mol. The van der Waals surface area contributed by atoms with E-state index < -0.39 is 11.9 Å². The number of piperazine rings is 1. The minimum Gasteiger partial charge on any atom is -0.474 e. The molecule has 1 unspecified atom stereocenters. The highest BCUT2D eigenvalue weighted by Gasteiger charge is 2.33. The SMILES string of the molecule is O=C(O)C(=O)N1CCN(C2CCc3c(-c4ccccc4)[nH]c4cccc2c34)CC1. The summed E-state index contributed by atoms with van der Waals surface area (Å²) in [7, 11) is 0. The molecule has 5 rings (SSSR count). The highest BCUT2D eigenvalue weighted by molar-refractivity contribution is 6.31. The molecule has 1 aliphatic carbocycles. The van der Waals surface area contributed by atoms with Crippen molar-refractivity contribution in [2.24, 2.45) is 0 Å². The summed E-state index contributed by atoms with van der Waals surface area (Å²) < 4.78 is 0. The van der Waals surface area contributed by atoms with Crippen molar-refractivity contribution in [1.29, 1.82) is 0 Å². The summed E-state index contributed by atoms with van der Waals surface area (Å²) in [5.41, 5.74) is 6.31. The number of rotatable bonds is 2. The molecule has 1 amide bonds. The highest BCUT2D eigenvalue weighted by atomic mass is 16.4. The summed E-state index contributed by atoms with van der Waals surface area (Å²) in [4.78, 5) is 30.2. The Labute approximate surface area is 168 Å². The van der Waals surface area contributed by atoms with Gasteiger partial charge in [-0.05, 0) is 35.6 Å². The summed E-state index contributed by atoms with van der Waals surface area (Å²) in [5.74, 6) is -2.16. The molecule has 1 aromatic heterocycles. The molecule has 148 valence electrons. The Morgan fingerprint density at radius 1 is 0.966 bits per heavy atom. The maximum atomic E-state index is 11.7. The minimum absolute atomic E-state index is 0.299. The molecule has 6 nitrogen and oxygen atoms in total. The predicted octanol–water partition coefficient (Wildman–Crippen LogP) is 3.05. The summed E-state index contributed by atoms with van der Waals surface area (Å²) in [6.07, 6.45) is 2.02. The number of hydrogen-bond donors (Lipinski definition) is 2. The van der Waals surface area contributed by atoms with Gasteiger partial charge in [0.15, 0.2) is 0 Å². The zero-order valence-corrected chi connectivity index (χ0v) is 16.1. The smallest absolute Gasteiger partial charge is 0.394 e. The van der Waals surface area contributed by atoms with Crippen LogP contribution in [0.5, 0.6) is 0 Å². The number of nitrogens with zero attached hydrogens (tertiary/aromatic N) is 2. The molecule has 1 atom stereocenters. The molecule has 6 heteroatoms. The number of carboxylic acids is 1. The number of hydrogen-bond acceptors (Lipinski definition) is 3. The molecule has 2 N–H and O–H groups in total. The Bertz CT molecular complexity index is 1080. The molecule has 0 saturated carbocycles. The first-order chi connectivity index (χ1) is 14.1. The van der Waals surface area contributed by atoms with Gasteiger partial charge in [0.05, 0.1) is 0 Å². The standard InChI is InChI=1S/C23H23N3O3/c27-22(23(28)29)26-13-11-25(12-14-26)19-10-9-17-20-16(19)7-4-8-18(20)24-21(17)15-5-2-1-3-6-15/h1-8,19,24H,9-14H2,(H,28,29). The van der Waals surface area contributed by atoms with Crippen LogP contribution in [0.4, 0.5) is 0 Å². The topological polar surface area (TPSA) is 76.6 Å². The van der Waals surface area contributed by atoms with E-state index in [1.807, 2.05) is 6.07 Å². The molecule has 2 heterocycles. The molecular weight excluding hydrogens is 366 g/mol. The zero-order valence-electron chi connectivity index (χ0n) is 16.1. The van der Waals surface area contributed by atoms with E-state index in [0.29, 0.717) is 32.2 Å². The first-order valence-corrected chi connectivity index (χ1v) is 10.1. The van der Waals surface area contributed by atoms with E-state index in [1.165, 1.54) is 38.2 Å². The molecule has 0 bridgehead atoms. The van der Waals surface area contributed by atoms with Crippen molar-refractivity contribution in [2.75, 3.05) is 26.2 Å². The van der Waals surface area contributed by atoms with E-state index in [1.54, 1.807) is 0 Å². The van der Waals surface area contributed by atoms with E-state index >= 15 is 0 Å². The van der Waals surface area contributed by atoms with Crippen molar-refractivity contribution < 1.29 is 14.7 Å². The molecule has 2 aliphatic rings. The lowest BCUT2D eigenvalue weighted by molar-refractivity contribution is -0.157. The van der Waals surface area contributed by atoms with Gasteiger partial charge in [-0.15, -0.1) is 0 Å². The number of H-pyrrole nitrogens is 1. The van der Waals surface area contributed by atoms with Crippen molar-refractivity contribution in [3.8, 4) is 11.3 Å². The second kappa shape index (κ2) is 7.04. The van der Waals surface area contributed by atoms with Crippen LogP contribution < -0.4 is 0 Å². The predicted molar refractivity (Wildman–Crippen MR) is 111 cm³/mol. The van der Waals surface area contributed by atoms with E-state index in [2.05, 4.69) is 52.3 Å². The summed E-state index contributed by atoms with van der Waals surface area (Å²) in [5, 5.41) is 10.3. The maximum absolute atomic E-state index is 11.7. The fourth-order valence-electron chi connectivity index (χ4n) is 4.91. The van der Waals surface area contributed by atoms with Gasteiger partial charge in [-0.1, -0.05) is 42.5 Å². The lowest BCUT2D eigenvalue weighted by atomic mass is 9.85. The third-order valence-electron chi connectivity index (χ3n) is 6.27. The van der Waals surface area contributed by atoms with Crippen LogP contribution in [0, 0.1) is 0 Å². The number of nitrogens with one attached hydrogen (secondary N) is 1. The number of aromatic amines is 1. The first kappa shape index (κ1) is 17.9. The monoisotopic (exact) mass is 389 g/mol. The van der Waals surface area contributed by atoms with Gasteiger partial charge in [-0.2, -0.15) is 0 Å². The van der Waals surface area contributed by atoms with Crippen molar-refractivity contribution in [1.82, 2.24) is 14.8 Å². The fraction of sp³-hybridized carbons (Fsp3) is 0.304. The number of benzene rings is 2. The summed E-state index contributed by atoms with van der Waals surface area (Å²) >= 11 is 0. The molecule has 0 radical (unpaired) electrons. The van der Waals surface area contributed by atoms with Crippen LogP contribution in [0.15, 0.2) is 48.5 Å². The number of aryl methyl sites for hydroxylation is 1. The van der Waals surface area contributed by atoms with Crippen LogP contribution in [-0.4, -0.2) is 57.9 Å². The number of amides is 1. The third-order valence-corrected chi connectivity index (χ3v) is 6.27. The number of carbonyl (C=O) groups excluding carboxylic acids is 1. The van der Waals surface area contributed by atoms with Crippen LogP contribution in [0.25, 0.3) is 22.2 Å². The molecule has 29 heavy (non-hydrogen) atoms. The molecule has 0 spiro atoms. The largest absolute Gasteiger partial charge is 0.474 e. The van der Waals surface area contributed by atoms with Gasteiger partial charge in [-0.25, -0.2) is 4.79 Å². The van der Waals surface area contributed by atoms with Crippen molar-refractivity contribution >= 4 is 22.8 Å². The number of carboxylic acid groups (broad SMARTS) is 1. The molecule has 1 fully saturated rings. The third kappa shape index (κ3) is 3.00. The second-order valence-electron chi connectivity index (χ2n) is 7.80. The first-order valence-electron chi connectivity index (χ1n) is 10.1. The Balaban J connectivity index is 1.46. The summed E-state index contributed by atoms with van der Waals surface area (Å²) in [6.45, 7) is 2.33. The quantitative estimate of drug-likeness (QED) is 0.661. The van der Waals surface area contributed by atoms with Crippen molar-refractivity contribution in [3.63, 3.8) is 0 Å². The second-order valence-corrected chi connectivity index (χ2v) is 7.80. The number of aliphatic carboxylic acids is 1. The van der Waals surface area contributed by atoms with Crippen LogP contribution in [0.3, 0.4) is 0 Å². The molecule has 1 saturated heterocycles. The summed E-state index contributed by atoms with van der Waals surface area (Å²) in [6, 6.07) is 17.2. The van der Waals surface area contributed by atoms with Gasteiger partial charge in [0.25, 0.3) is 0 Å². The fourth-order valence-corrected chi connectivity index (χ4v) is 4.91. The number of carbonyl (C=O) groups is 2. The van der Waals surface area contributed by atoms with E-state index in [-0.39, 0.29) is 0 Å². The lowest BCUT2D eigenvalue weighted by Crippen LogP contribution is -2.51.